The number of hydrogen-bond donors (Lipinski definition) is 0. The molecule has 1 fully saturated rings. The van der Waals surface area contributed by atoms with Crippen LogP contribution in [0.3, 0.4) is 0 Å². The molecule has 1 aliphatic carbocycles. The van der Waals surface area contributed by atoms with Crippen LogP contribution in [0.4, 0.5) is 8.78 Å². The van der Waals surface area contributed by atoms with Gasteiger partial charge in [0.15, 0.2) is 5.78 Å². The van der Waals surface area contributed by atoms with E-state index in [-0.39, 0.29) is 29.7 Å². The number of aromatic nitrogens is 1. The smallest absolute Gasteiger partial charge is 0.289 e. The maximum Gasteiger partial charge on any atom is 0.289 e. The molecule has 0 amide bonds. The van der Waals surface area contributed by atoms with Crippen molar-refractivity contribution in [3.8, 4) is 0 Å². The van der Waals surface area contributed by atoms with E-state index >= 15 is 0 Å². The minimum atomic E-state index is -2.94. The van der Waals surface area contributed by atoms with Crippen LogP contribution in [0.25, 0.3) is 5.57 Å². The fraction of sp³-hybridized carbons (Fsp3) is 0.560. The number of carbonyl (C=O) groups excluding carboxylic acids is 1. The molecule has 162 valence electrons. The second-order valence-electron chi connectivity index (χ2n) is 8.93. The Morgan fingerprint density at radius 2 is 2.07 bits per heavy atom. The number of ketones is 1. The van der Waals surface area contributed by atoms with Crippen molar-refractivity contribution in [2.45, 2.75) is 78.6 Å². The fourth-order valence-corrected chi connectivity index (χ4v) is 4.44. The molecule has 1 aliphatic heterocycles. The van der Waals surface area contributed by atoms with E-state index in [1.165, 1.54) is 17.8 Å². The molecule has 1 atom stereocenters. The summed E-state index contributed by atoms with van der Waals surface area (Å²) >= 11 is 0. The summed E-state index contributed by atoms with van der Waals surface area (Å²) in [5.41, 5.74) is 4.16. The van der Waals surface area contributed by atoms with Crippen molar-refractivity contribution in [1.29, 1.82) is 0 Å². The van der Waals surface area contributed by atoms with Crippen LogP contribution in [-0.2, 0) is 10.7 Å². The SMILES string of the molecule is CCCC/C=C1\CCC2C(=NC(C)=C2c2ccc(C(F)(F)CC(C)C)nc2)C(=O)C1. The first-order valence-corrected chi connectivity index (χ1v) is 11.1. The summed E-state index contributed by atoms with van der Waals surface area (Å²) in [5.74, 6) is -3.04. The zero-order valence-corrected chi connectivity index (χ0v) is 18.5. The van der Waals surface area contributed by atoms with Gasteiger partial charge in [-0.25, -0.2) is 0 Å². The molecule has 1 aromatic heterocycles. The summed E-state index contributed by atoms with van der Waals surface area (Å²) in [6.45, 7) is 7.61. The van der Waals surface area contributed by atoms with Crippen molar-refractivity contribution in [3.05, 3.63) is 46.9 Å². The molecular weight excluding hydrogens is 382 g/mol. The Morgan fingerprint density at radius 3 is 2.70 bits per heavy atom. The number of carbonyl (C=O) groups is 1. The van der Waals surface area contributed by atoms with E-state index in [4.69, 9.17) is 0 Å². The van der Waals surface area contributed by atoms with Crippen LogP contribution in [0.2, 0.25) is 0 Å². The van der Waals surface area contributed by atoms with Crippen LogP contribution in [-0.4, -0.2) is 16.5 Å². The van der Waals surface area contributed by atoms with Crippen LogP contribution >= 0.6 is 0 Å². The van der Waals surface area contributed by atoms with E-state index < -0.39 is 5.92 Å². The minimum Gasteiger partial charge on any atom is -0.292 e. The molecule has 2 heterocycles. The third-order valence-corrected chi connectivity index (χ3v) is 5.89. The highest BCUT2D eigenvalue weighted by Gasteiger charge is 2.37. The van der Waals surface area contributed by atoms with E-state index in [2.05, 4.69) is 23.0 Å². The van der Waals surface area contributed by atoms with Crippen LogP contribution in [0.1, 0.15) is 83.9 Å². The summed E-state index contributed by atoms with van der Waals surface area (Å²) in [6.07, 6.45) is 8.92. The Labute approximate surface area is 178 Å². The van der Waals surface area contributed by atoms with Crippen molar-refractivity contribution < 1.29 is 13.6 Å². The molecule has 0 aromatic carbocycles. The largest absolute Gasteiger partial charge is 0.292 e. The number of pyridine rings is 1. The van der Waals surface area contributed by atoms with Gasteiger partial charge in [-0.05, 0) is 49.3 Å². The van der Waals surface area contributed by atoms with E-state index in [1.807, 2.05) is 6.92 Å². The molecule has 3 nitrogen and oxygen atoms in total. The molecule has 0 spiro atoms. The third kappa shape index (κ3) is 4.93. The van der Waals surface area contributed by atoms with Crippen LogP contribution in [0.15, 0.2) is 40.7 Å². The van der Waals surface area contributed by atoms with Crippen molar-refractivity contribution >= 4 is 17.1 Å². The first kappa shape index (κ1) is 22.5. The molecule has 0 radical (unpaired) electrons. The minimum absolute atomic E-state index is 0.0709. The maximum absolute atomic E-state index is 14.4. The predicted octanol–water partition coefficient (Wildman–Crippen LogP) is 6.89. The second kappa shape index (κ2) is 9.32. The highest BCUT2D eigenvalue weighted by Crippen LogP contribution is 2.41. The molecule has 30 heavy (non-hydrogen) atoms. The van der Waals surface area contributed by atoms with Gasteiger partial charge < -0.3 is 0 Å². The van der Waals surface area contributed by atoms with Crippen LogP contribution in [0.5, 0.6) is 0 Å². The van der Waals surface area contributed by atoms with E-state index in [0.29, 0.717) is 12.1 Å². The van der Waals surface area contributed by atoms with Gasteiger partial charge >= 0.3 is 0 Å². The Balaban J connectivity index is 1.81. The number of alkyl halides is 2. The topological polar surface area (TPSA) is 42.3 Å². The quantitative estimate of drug-likeness (QED) is 0.360. The van der Waals surface area contributed by atoms with Gasteiger partial charge in [-0.1, -0.05) is 51.3 Å². The molecule has 2 aliphatic rings. The summed E-state index contributed by atoms with van der Waals surface area (Å²) in [4.78, 5) is 21.5. The lowest BCUT2D eigenvalue weighted by atomic mass is 9.86. The molecule has 3 rings (SSSR count). The van der Waals surface area contributed by atoms with Crippen molar-refractivity contribution in [1.82, 2.24) is 4.98 Å². The Morgan fingerprint density at radius 1 is 1.30 bits per heavy atom. The van der Waals surface area contributed by atoms with E-state index in [9.17, 15) is 13.6 Å². The van der Waals surface area contributed by atoms with Gasteiger partial charge in [0, 0.05) is 30.7 Å². The number of unbranched alkanes of at least 4 members (excludes halogenated alkanes) is 2. The number of aliphatic imine (C=N–C) groups is 1. The van der Waals surface area contributed by atoms with Gasteiger partial charge in [0.05, 0.1) is 5.71 Å². The number of fused-ring (bicyclic) bond motifs is 1. The number of nitrogens with zero attached hydrogens (tertiary/aromatic N) is 2. The van der Waals surface area contributed by atoms with E-state index in [1.54, 1.807) is 19.9 Å². The molecule has 5 heteroatoms. The van der Waals surface area contributed by atoms with E-state index in [0.717, 1.165) is 48.9 Å². The fourth-order valence-electron chi connectivity index (χ4n) is 4.44. The average molecular weight is 415 g/mol. The van der Waals surface area contributed by atoms with Gasteiger partial charge in [-0.2, -0.15) is 8.78 Å². The normalized spacial score (nSPS) is 21.3. The molecule has 1 unspecified atom stereocenters. The van der Waals surface area contributed by atoms with Crippen LogP contribution in [0, 0.1) is 11.8 Å². The second-order valence-corrected chi connectivity index (χ2v) is 8.93. The lowest BCUT2D eigenvalue weighted by Crippen LogP contribution is -2.20. The van der Waals surface area contributed by atoms with Gasteiger partial charge in [-0.15, -0.1) is 0 Å². The number of hydrogen-bond acceptors (Lipinski definition) is 3. The van der Waals surface area contributed by atoms with Crippen molar-refractivity contribution in [2.75, 3.05) is 0 Å². The van der Waals surface area contributed by atoms with Crippen molar-refractivity contribution in [3.63, 3.8) is 0 Å². The molecule has 0 bridgehead atoms. The van der Waals surface area contributed by atoms with Gasteiger partial charge in [0.2, 0.25) is 0 Å². The number of Topliss-reactive ketones (excluding diaryl/α,β-unsaturated/α-hetero) is 1. The first-order chi connectivity index (χ1) is 14.2. The molecule has 1 saturated carbocycles. The summed E-state index contributed by atoms with van der Waals surface area (Å²) in [6, 6.07) is 3.13. The third-order valence-electron chi connectivity index (χ3n) is 5.89. The molecule has 1 aromatic rings. The summed E-state index contributed by atoms with van der Waals surface area (Å²) < 4.78 is 28.8. The lowest BCUT2D eigenvalue weighted by molar-refractivity contribution is -0.112. The summed E-state index contributed by atoms with van der Waals surface area (Å²) in [7, 11) is 0. The number of rotatable bonds is 7. The molecule has 0 N–H and O–H groups in total. The van der Waals surface area contributed by atoms with Gasteiger partial charge in [0.25, 0.3) is 5.92 Å². The van der Waals surface area contributed by atoms with Gasteiger partial charge in [-0.3, -0.25) is 14.8 Å². The standard InChI is InChI=1S/C25H32F2N2O/c1-5-6-7-8-18-9-11-20-23(17(4)29-24(20)21(30)13-18)19-10-12-22(28-15-19)25(26,27)14-16(2)3/h8,10,12,15-16,20H,5-7,9,11,13-14H2,1-4H3/b18-8+. The lowest BCUT2D eigenvalue weighted by Gasteiger charge is -2.19. The zero-order valence-electron chi connectivity index (χ0n) is 18.5. The molecular formula is C25H32F2N2O. The Bertz CT molecular complexity index is 879. The Hall–Kier alpha value is -2.17. The average Bonchev–Trinajstić information content (AvgIpc) is 2.93. The Kier molecular flexibility index (Phi) is 6.99. The van der Waals surface area contributed by atoms with Crippen LogP contribution < -0.4 is 0 Å². The first-order valence-electron chi connectivity index (χ1n) is 11.1. The number of allylic oxidation sites excluding steroid dienone is 4. The maximum atomic E-state index is 14.4. The van der Waals surface area contributed by atoms with Gasteiger partial charge in [0.1, 0.15) is 5.69 Å². The monoisotopic (exact) mass is 414 g/mol. The zero-order chi connectivity index (χ0) is 21.9. The highest BCUT2D eigenvalue weighted by atomic mass is 19.3. The van der Waals surface area contributed by atoms with Crippen molar-refractivity contribution in [2.24, 2.45) is 16.8 Å². The predicted molar refractivity (Wildman–Crippen MR) is 118 cm³/mol. The number of halogens is 2. The molecule has 0 saturated heterocycles. The highest BCUT2D eigenvalue weighted by molar-refractivity contribution is 6.44. The summed E-state index contributed by atoms with van der Waals surface area (Å²) in [5, 5.41) is 0.